The number of nitrogens with two attached hydrogens (primary N) is 1. The fourth-order valence-electron chi connectivity index (χ4n) is 3.67. The lowest BCUT2D eigenvalue weighted by Gasteiger charge is -2.26. The van der Waals surface area contributed by atoms with Gasteiger partial charge in [-0.15, -0.1) is 0 Å². The Morgan fingerprint density at radius 2 is 1.80 bits per heavy atom. The Kier molecular flexibility index (Phi) is 5.14. The van der Waals surface area contributed by atoms with Crippen LogP contribution in [0.25, 0.3) is 11.2 Å². The van der Waals surface area contributed by atoms with Crippen molar-refractivity contribution >= 4 is 17.0 Å². The number of aromatic amines is 1. The molecule has 0 radical (unpaired) electrons. The average molecular weight is 410 g/mol. The molecule has 1 saturated heterocycles. The second-order valence-electron chi connectivity index (χ2n) is 8.07. The van der Waals surface area contributed by atoms with Gasteiger partial charge in [-0.25, -0.2) is 4.79 Å². The van der Waals surface area contributed by atoms with Gasteiger partial charge in [0.25, 0.3) is 0 Å². The number of fused-ring (bicyclic) bond motifs is 1. The van der Waals surface area contributed by atoms with Crippen molar-refractivity contribution in [1.29, 1.82) is 0 Å². The minimum Gasteiger partial charge on any atom is -0.463 e. The van der Waals surface area contributed by atoms with Crippen LogP contribution in [0.4, 0.5) is 5.82 Å². The molecule has 1 saturated carbocycles. The molecule has 0 spiro atoms. The molecule has 30 heavy (non-hydrogen) atoms. The molecule has 0 amide bonds. The molecule has 0 atom stereocenters. The number of nitrogens with zero attached hydrogens (tertiary/aromatic N) is 4. The van der Waals surface area contributed by atoms with Gasteiger partial charge in [-0.3, -0.25) is 9.47 Å². The molecule has 1 aliphatic carbocycles. The van der Waals surface area contributed by atoms with E-state index in [2.05, 4.69) is 44.1 Å². The van der Waals surface area contributed by atoms with Crippen LogP contribution in [0.5, 0.6) is 6.01 Å². The number of H-pyrrole nitrogens is 1. The summed E-state index contributed by atoms with van der Waals surface area (Å²) in [4.78, 5) is 26.3. The Hall–Kier alpha value is -2.91. The number of anilines is 1. The van der Waals surface area contributed by atoms with E-state index in [-0.39, 0.29) is 17.5 Å². The summed E-state index contributed by atoms with van der Waals surface area (Å²) in [5.74, 6) is 0.803. The van der Waals surface area contributed by atoms with Gasteiger partial charge < -0.3 is 20.2 Å². The van der Waals surface area contributed by atoms with Crippen LogP contribution in [0.15, 0.2) is 29.1 Å². The summed E-state index contributed by atoms with van der Waals surface area (Å²) in [5, 5.41) is 0. The highest BCUT2D eigenvalue weighted by molar-refractivity contribution is 5.81. The molecule has 1 aromatic carbocycles. The van der Waals surface area contributed by atoms with Gasteiger partial charge in [0.05, 0.1) is 26.4 Å². The molecule has 9 heteroatoms. The highest BCUT2D eigenvalue weighted by atomic mass is 16.5. The fourth-order valence-corrected chi connectivity index (χ4v) is 3.67. The Morgan fingerprint density at radius 3 is 2.50 bits per heavy atom. The molecule has 2 fully saturated rings. The molecule has 0 unspecified atom stereocenters. The van der Waals surface area contributed by atoms with E-state index < -0.39 is 0 Å². The second-order valence-corrected chi connectivity index (χ2v) is 8.07. The Balaban J connectivity index is 1.34. The number of aromatic nitrogens is 4. The van der Waals surface area contributed by atoms with Gasteiger partial charge in [-0.1, -0.05) is 24.3 Å². The predicted molar refractivity (Wildman–Crippen MR) is 112 cm³/mol. The molecule has 2 aromatic heterocycles. The number of hydrogen-bond acceptors (Lipinski definition) is 7. The summed E-state index contributed by atoms with van der Waals surface area (Å²) < 4.78 is 12.7. The van der Waals surface area contributed by atoms with Gasteiger partial charge in [-0.2, -0.15) is 9.97 Å². The molecule has 0 bridgehead atoms. The van der Waals surface area contributed by atoms with Crippen LogP contribution in [0.2, 0.25) is 0 Å². The number of rotatable bonds is 7. The maximum atomic E-state index is 12.5. The monoisotopic (exact) mass is 410 g/mol. The SMILES string of the molecule is Nc1nc(OCC2CC2)nc2c1[nH]c(=O)n2Cc1ccc(CN2CCOCC2)cc1. The molecule has 3 aromatic rings. The second kappa shape index (κ2) is 8.08. The smallest absolute Gasteiger partial charge is 0.328 e. The van der Waals surface area contributed by atoms with Crippen LogP contribution in [-0.2, 0) is 17.8 Å². The Morgan fingerprint density at radius 1 is 1.10 bits per heavy atom. The van der Waals surface area contributed by atoms with Crippen molar-refractivity contribution in [3.63, 3.8) is 0 Å². The van der Waals surface area contributed by atoms with Crippen LogP contribution in [0, 0.1) is 5.92 Å². The topological polar surface area (TPSA) is 111 Å². The zero-order valence-corrected chi connectivity index (χ0v) is 16.8. The first kappa shape index (κ1) is 19.1. The number of morpholine rings is 1. The maximum absolute atomic E-state index is 12.5. The van der Waals surface area contributed by atoms with Gasteiger partial charge in [0.15, 0.2) is 11.5 Å². The zero-order valence-electron chi connectivity index (χ0n) is 16.8. The number of benzene rings is 1. The van der Waals surface area contributed by atoms with E-state index in [4.69, 9.17) is 15.2 Å². The van der Waals surface area contributed by atoms with Crippen LogP contribution < -0.4 is 16.2 Å². The van der Waals surface area contributed by atoms with Crippen molar-refractivity contribution < 1.29 is 9.47 Å². The molecule has 5 rings (SSSR count). The molecule has 9 nitrogen and oxygen atoms in total. The average Bonchev–Trinajstić information content (AvgIpc) is 3.53. The largest absolute Gasteiger partial charge is 0.463 e. The van der Waals surface area contributed by atoms with Crippen molar-refractivity contribution in [1.82, 2.24) is 24.4 Å². The molecule has 3 N–H and O–H groups in total. The third-order valence-corrected chi connectivity index (χ3v) is 5.65. The molecule has 1 aliphatic heterocycles. The number of imidazole rings is 1. The van der Waals surface area contributed by atoms with Crippen molar-refractivity contribution in [2.24, 2.45) is 5.92 Å². The van der Waals surface area contributed by atoms with Crippen LogP contribution in [0.3, 0.4) is 0 Å². The molecular weight excluding hydrogens is 384 g/mol. The third kappa shape index (κ3) is 4.17. The molecule has 2 aliphatic rings. The maximum Gasteiger partial charge on any atom is 0.328 e. The lowest BCUT2D eigenvalue weighted by Crippen LogP contribution is -2.35. The van der Waals surface area contributed by atoms with Gasteiger partial charge >= 0.3 is 11.7 Å². The normalized spacial score (nSPS) is 17.5. The minimum absolute atomic E-state index is 0.223. The summed E-state index contributed by atoms with van der Waals surface area (Å²) in [5.41, 5.74) is 8.95. The van der Waals surface area contributed by atoms with Gasteiger partial charge in [0.1, 0.15) is 5.52 Å². The van der Waals surface area contributed by atoms with E-state index in [0.29, 0.717) is 30.2 Å². The van der Waals surface area contributed by atoms with Crippen LogP contribution in [-0.4, -0.2) is 57.3 Å². The Bertz CT molecular complexity index is 1080. The van der Waals surface area contributed by atoms with Gasteiger partial charge in [0, 0.05) is 19.6 Å². The van der Waals surface area contributed by atoms with E-state index in [1.54, 1.807) is 4.57 Å². The summed E-state index contributed by atoms with van der Waals surface area (Å²) >= 11 is 0. The molecule has 3 heterocycles. The fraction of sp³-hybridized carbons (Fsp3) is 0.476. The van der Waals surface area contributed by atoms with E-state index in [1.165, 1.54) is 18.4 Å². The number of nitrogen functional groups attached to an aromatic ring is 1. The first-order valence-electron chi connectivity index (χ1n) is 10.4. The first-order valence-corrected chi connectivity index (χ1v) is 10.4. The summed E-state index contributed by atoms with van der Waals surface area (Å²) in [7, 11) is 0. The molecular formula is C21H26N6O3. The van der Waals surface area contributed by atoms with Crippen molar-refractivity contribution in [2.45, 2.75) is 25.9 Å². The minimum atomic E-state index is -0.261. The number of nitrogens with one attached hydrogen (secondary N) is 1. The molecule has 158 valence electrons. The number of ether oxygens (including phenoxy) is 2. The van der Waals surface area contributed by atoms with Crippen molar-refractivity contribution in [2.75, 3.05) is 38.6 Å². The van der Waals surface area contributed by atoms with Crippen LogP contribution in [0.1, 0.15) is 24.0 Å². The van der Waals surface area contributed by atoms with Crippen LogP contribution >= 0.6 is 0 Å². The van der Waals surface area contributed by atoms with Gasteiger partial charge in [-0.05, 0) is 29.9 Å². The lowest BCUT2D eigenvalue weighted by atomic mass is 10.1. The van der Waals surface area contributed by atoms with Gasteiger partial charge in [0.2, 0.25) is 0 Å². The summed E-state index contributed by atoms with van der Waals surface area (Å²) in [6.07, 6.45) is 2.35. The Labute approximate surface area is 173 Å². The number of hydrogen-bond donors (Lipinski definition) is 2. The van der Waals surface area contributed by atoms with E-state index >= 15 is 0 Å². The standard InChI is InChI=1S/C21H26N6O3/c22-18-17-19(25-20(24-18)30-13-16-5-6-16)27(21(28)23-17)12-15-3-1-14(2-4-15)11-26-7-9-29-10-8-26/h1-4,16H,5-13H2,(H,23,28)(H2,22,24,25). The quantitative estimate of drug-likeness (QED) is 0.605. The zero-order chi connectivity index (χ0) is 20.5. The van der Waals surface area contributed by atoms with Crippen molar-refractivity contribution in [3.05, 3.63) is 45.9 Å². The van der Waals surface area contributed by atoms with E-state index in [0.717, 1.165) is 38.4 Å². The third-order valence-electron chi connectivity index (χ3n) is 5.65. The summed E-state index contributed by atoms with van der Waals surface area (Å²) in [6, 6.07) is 8.54. The summed E-state index contributed by atoms with van der Waals surface area (Å²) in [6.45, 7) is 5.39. The first-order chi connectivity index (χ1) is 14.7. The highest BCUT2D eigenvalue weighted by Crippen LogP contribution is 2.29. The van der Waals surface area contributed by atoms with E-state index in [9.17, 15) is 4.79 Å². The van der Waals surface area contributed by atoms with E-state index in [1.807, 2.05) is 0 Å². The highest BCUT2D eigenvalue weighted by Gasteiger charge is 2.23. The van der Waals surface area contributed by atoms with Crippen molar-refractivity contribution in [3.8, 4) is 6.01 Å². The lowest BCUT2D eigenvalue weighted by molar-refractivity contribution is 0.0342. The predicted octanol–water partition coefficient (Wildman–Crippen LogP) is 1.37.